The first-order chi connectivity index (χ1) is 11.8. The van der Waals surface area contributed by atoms with Crippen molar-refractivity contribution in [2.45, 2.75) is 0 Å². The number of amides is 2. The molecule has 0 aliphatic carbocycles. The number of cyclic esters (lactones) is 1. The summed E-state index contributed by atoms with van der Waals surface area (Å²) in [6.07, 6.45) is 4.83. The Balaban J connectivity index is 1.85. The lowest BCUT2D eigenvalue weighted by molar-refractivity contribution is -0.116. The molecule has 0 spiro atoms. The van der Waals surface area contributed by atoms with Crippen LogP contribution in [0.3, 0.4) is 0 Å². The number of ether oxygens (including phenoxy) is 1. The minimum atomic E-state index is -3.33. The van der Waals surface area contributed by atoms with E-state index < -0.39 is 22.0 Å². The minimum Gasteiger partial charge on any atom is -0.404 e. The summed E-state index contributed by atoms with van der Waals surface area (Å²) in [7, 11) is -3.33. The van der Waals surface area contributed by atoms with Gasteiger partial charge in [-0.3, -0.25) is 19.8 Å². The summed E-state index contributed by atoms with van der Waals surface area (Å²) in [5.41, 5.74) is 2.59. The van der Waals surface area contributed by atoms with Gasteiger partial charge in [0.25, 0.3) is 5.91 Å². The van der Waals surface area contributed by atoms with Gasteiger partial charge in [-0.05, 0) is 35.4 Å². The molecule has 1 saturated heterocycles. The molecule has 3 rings (SSSR count). The number of hydrogen-bond donors (Lipinski definition) is 2. The molecule has 1 fully saturated rings. The topological polar surface area (TPSA) is 114 Å². The van der Waals surface area contributed by atoms with Crippen LogP contribution >= 0.6 is 0 Å². The van der Waals surface area contributed by atoms with Gasteiger partial charge in [0, 0.05) is 23.6 Å². The van der Waals surface area contributed by atoms with E-state index in [2.05, 4.69) is 9.71 Å². The molecular formula is C16H13N3O5S. The molecule has 0 bridgehead atoms. The van der Waals surface area contributed by atoms with Gasteiger partial charge < -0.3 is 4.74 Å². The van der Waals surface area contributed by atoms with Gasteiger partial charge in [0.15, 0.2) is 5.76 Å². The summed E-state index contributed by atoms with van der Waals surface area (Å²) in [4.78, 5) is 26.6. The second-order valence-electron chi connectivity index (χ2n) is 5.31. The van der Waals surface area contributed by atoms with Crippen molar-refractivity contribution >= 4 is 33.8 Å². The molecule has 2 heterocycles. The van der Waals surface area contributed by atoms with Crippen molar-refractivity contribution in [2.24, 2.45) is 0 Å². The zero-order chi connectivity index (χ0) is 18.0. The molecule has 0 saturated carbocycles. The van der Waals surface area contributed by atoms with Crippen molar-refractivity contribution in [1.82, 2.24) is 10.3 Å². The van der Waals surface area contributed by atoms with Gasteiger partial charge in [-0.2, -0.15) is 0 Å². The molecule has 2 aromatic rings. The second kappa shape index (κ2) is 6.36. The zero-order valence-corrected chi connectivity index (χ0v) is 13.8. The second-order valence-corrected chi connectivity index (χ2v) is 7.06. The smallest absolute Gasteiger partial charge is 0.404 e. The average Bonchev–Trinajstić information content (AvgIpc) is 2.84. The van der Waals surface area contributed by atoms with Gasteiger partial charge in [0.2, 0.25) is 10.0 Å². The molecule has 2 N–H and O–H groups in total. The van der Waals surface area contributed by atoms with Crippen molar-refractivity contribution in [3.63, 3.8) is 0 Å². The van der Waals surface area contributed by atoms with Crippen LogP contribution in [0.25, 0.3) is 17.2 Å². The summed E-state index contributed by atoms with van der Waals surface area (Å²) in [5.74, 6) is -0.705. The highest BCUT2D eigenvalue weighted by molar-refractivity contribution is 7.92. The molecule has 8 nitrogen and oxygen atoms in total. The third-order valence-electron chi connectivity index (χ3n) is 3.22. The molecule has 128 valence electrons. The number of carbonyl (C=O) groups is 2. The van der Waals surface area contributed by atoms with Crippen LogP contribution in [-0.4, -0.2) is 31.7 Å². The van der Waals surface area contributed by atoms with Crippen molar-refractivity contribution in [3.8, 4) is 11.1 Å². The van der Waals surface area contributed by atoms with E-state index in [4.69, 9.17) is 4.74 Å². The number of nitrogens with one attached hydrogen (secondary N) is 2. The van der Waals surface area contributed by atoms with E-state index in [0.29, 0.717) is 11.3 Å². The van der Waals surface area contributed by atoms with Crippen LogP contribution < -0.4 is 10.0 Å². The SMILES string of the molecule is CS(=O)(=O)Nc1ccc(-c2cncc(/C=C3\OC(=O)NC3=O)c2)cc1. The van der Waals surface area contributed by atoms with Crippen LogP contribution in [0.15, 0.2) is 48.5 Å². The maximum Gasteiger partial charge on any atom is 0.419 e. The van der Waals surface area contributed by atoms with E-state index in [9.17, 15) is 18.0 Å². The number of alkyl carbamates (subject to hydrolysis) is 1. The van der Waals surface area contributed by atoms with Gasteiger partial charge in [0.1, 0.15) is 0 Å². The Kier molecular flexibility index (Phi) is 4.24. The third kappa shape index (κ3) is 4.21. The number of imide groups is 1. The van der Waals surface area contributed by atoms with Crippen LogP contribution in [0.1, 0.15) is 5.56 Å². The Morgan fingerprint density at radius 1 is 1.12 bits per heavy atom. The summed E-state index contributed by atoms with van der Waals surface area (Å²) in [5, 5.41) is 2.01. The van der Waals surface area contributed by atoms with Crippen LogP contribution in [0.2, 0.25) is 0 Å². The molecule has 0 radical (unpaired) electrons. The minimum absolute atomic E-state index is 0.100. The Hall–Kier alpha value is -3.20. The molecule has 0 atom stereocenters. The predicted molar refractivity (Wildman–Crippen MR) is 90.7 cm³/mol. The molecular weight excluding hydrogens is 346 g/mol. The maximum absolute atomic E-state index is 11.5. The van der Waals surface area contributed by atoms with E-state index in [1.807, 2.05) is 5.32 Å². The zero-order valence-electron chi connectivity index (χ0n) is 13.0. The first-order valence-electron chi connectivity index (χ1n) is 7.08. The van der Waals surface area contributed by atoms with Gasteiger partial charge >= 0.3 is 6.09 Å². The standard InChI is InChI=1S/C16H13N3O5S/c1-25(22,23)19-13-4-2-11(3-5-13)12-6-10(8-17-9-12)7-14-15(20)18-16(21)24-14/h2-9,19H,1H3,(H,18,20,21)/b14-7-. The first-order valence-corrected chi connectivity index (χ1v) is 8.97. The molecule has 2 amide bonds. The summed E-state index contributed by atoms with van der Waals surface area (Å²) in [6.45, 7) is 0. The number of anilines is 1. The van der Waals surface area contributed by atoms with Gasteiger partial charge in [-0.25, -0.2) is 13.2 Å². The van der Waals surface area contributed by atoms with E-state index in [1.54, 1.807) is 36.5 Å². The highest BCUT2D eigenvalue weighted by atomic mass is 32.2. The molecule has 25 heavy (non-hydrogen) atoms. The molecule has 1 aromatic heterocycles. The predicted octanol–water partition coefficient (Wildman–Crippen LogP) is 1.73. The van der Waals surface area contributed by atoms with Crippen LogP contribution in [0.5, 0.6) is 0 Å². The van der Waals surface area contributed by atoms with Crippen molar-refractivity contribution < 1.29 is 22.7 Å². The lowest BCUT2D eigenvalue weighted by Crippen LogP contribution is -2.18. The van der Waals surface area contributed by atoms with Crippen molar-refractivity contribution in [1.29, 1.82) is 0 Å². The fourth-order valence-electron chi connectivity index (χ4n) is 2.21. The molecule has 1 aliphatic heterocycles. The first kappa shape index (κ1) is 16.7. The van der Waals surface area contributed by atoms with Gasteiger partial charge in [0.05, 0.1) is 6.26 Å². The van der Waals surface area contributed by atoms with E-state index in [0.717, 1.165) is 17.4 Å². The van der Waals surface area contributed by atoms with Crippen molar-refractivity contribution in [3.05, 3.63) is 54.0 Å². The van der Waals surface area contributed by atoms with Crippen LogP contribution in [0.4, 0.5) is 10.5 Å². The van der Waals surface area contributed by atoms with Gasteiger partial charge in [-0.15, -0.1) is 0 Å². The largest absolute Gasteiger partial charge is 0.419 e. The normalized spacial score (nSPS) is 15.8. The number of aromatic nitrogens is 1. The lowest BCUT2D eigenvalue weighted by Gasteiger charge is -2.06. The summed E-state index contributed by atoms with van der Waals surface area (Å²) < 4.78 is 29.6. The Morgan fingerprint density at radius 3 is 2.44 bits per heavy atom. The number of pyridine rings is 1. The number of benzene rings is 1. The van der Waals surface area contributed by atoms with E-state index in [-0.39, 0.29) is 5.76 Å². The van der Waals surface area contributed by atoms with Crippen molar-refractivity contribution in [2.75, 3.05) is 11.0 Å². The lowest BCUT2D eigenvalue weighted by atomic mass is 10.1. The highest BCUT2D eigenvalue weighted by Crippen LogP contribution is 2.23. The number of carbonyl (C=O) groups excluding carboxylic acids is 2. The molecule has 1 aliphatic rings. The highest BCUT2D eigenvalue weighted by Gasteiger charge is 2.25. The Bertz CT molecular complexity index is 981. The van der Waals surface area contributed by atoms with E-state index in [1.165, 1.54) is 12.3 Å². The Labute approximate surface area is 143 Å². The summed E-state index contributed by atoms with van der Waals surface area (Å²) in [6, 6.07) is 8.51. The molecule has 1 aromatic carbocycles. The third-order valence-corrected chi connectivity index (χ3v) is 3.83. The fourth-order valence-corrected chi connectivity index (χ4v) is 2.78. The average molecular weight is 359 g/mol. The fraction of sp³-hybridized carbons (Fsp3) is 0.0625. The van der Waals surface area contributed by atoms with Crippen LogP contribution in [0, 0.1) is 0 Å². The maximum atomic E-state index is 11.5. The monoisotopic (exact) mass is 359 g/mol. The van der Waals surface area contributed by atoms with Crippen LogP contribution in [-0.2, 0) is 19.6 Å². The van der Waals surface area contributed by atoms with Gasteiger partial charge in [-0.1, -0.05) is 12.1 Å². The number of hydrogen-bond acceptors (Lipinski definition) is 6. The summed E-state index contributed by atoms with van der Waals surface area (Å²) >= 11 is 0. The number of nitrogens with zero attached hydrogens (tertiary/aromatic N) is 1. The number of rotatable bonds is 4. The molecule has 9 heteroatoms. The Morgan fingerprint density at radius 2 is 1.84 bits per heavy atom. The van der Waals surface area contributed by atoms with E-state index >= 15 is 0 Å². The molecule has 0 unspecified atom stereocenters. The quantitative estimate of drug-likeness (QED) is 0.804. The number of sulfonamides is 1.